The van der Waals surface area contributed by atoms with E-state index in [0.29, 0.717) is 13.0 Å². The molecule has 9 heteroatoms. The maximum absolute atomic E-state index is 12.7. The van der Waals surface area contributed by atoms with Crippen molar-refractivity contribution >= 4 is 23.6 Å². The lowest BCUT2D eigenvalue weighted by Gasteiger charge is -2.32. The minimum Gasteiger partial charge on any atom is -0.446 e. The normalized spacial score (nSPS) is 17.1. The third-order valence-corrected chi connectivity index (χ3v) is 8.59. The van der Waals surface area contributed by atoms with Gasteiger partial charge in [-0.05, 0) is 69.8 Å². The van der Waals surface area contributed by atoms with Crippen LogP contribution in [0.2, 0.25) is 0 Å². The number of benzene rings is 2. The van der Waals surface area contributed by atoms with Crippen LogP contribution in [0.15, 0.2) is 54.6 Å². The van der Waals surface area contributed by atoms with Crippen LogP contribution in [0.4, 0.5) is 10.5 Å². The highest BCUT2D eigenvalue weighted by atomic mass is 16.6. The average molecular weight is 578 g/mol. The fourth-order valence-electron chi connectivity index (χ4n) is 5.84. The molecule has 0 bridgehead atoms. The predicted octanol–water partition coefficient (Wildman–Crippen LogP) is 4.58. The maximum Gasteiger partial charge on any atom is 0.411 e. The predicted molar refractivity (Wildman–Crippen MR) is 166 cm³/mol. The molecule has 0 atom stereocenters. The fourth-order valence-corrected chi connectivity index (χ4v) is 5.84. The van der Waals surface area contributed by atoms with Gasteiger partial charge in [-0.1, -0.05) is 55.0 Å². The first-order chi connectivity index (χ1) is 20.4. The van der Waals surface area contributed by atoms with E-state index < -0.39 is 6.09 Å². The Bertz CT molecular complexity index is 1140. The summed E-state index contributed by atoms with van der Waals surface area (Å²) >= 11 is 0. The van der Waals surface area contributed by atoms with E-state index in [4.69, 9.17) is 10.5 Å². The highest BCUT2D eigenvalue weighted by Crippen LogP contribution is 2.28. The number of likely N-dealkylation sites (tertiary alicyclic amines) is 2. The quantitative estimate of drug-likeness (QED) is 0.338. The standard InChI is InChI=1S/C33H47N5O4/c1-36(31(39)14-6-3-9-19-37-20-15-27(16-21-37)32(34)40)24-25-38-22-17-28(18-23-38)42-33(41)35-30-13-8-7-12-29(30)26-10-4-2-5-11-26/h2,4-5,7-8,10-13,27-28H,3,6,9,14-25H2,1H3,(H2,34,40)(H,35,41). The van der Waals surface area contributed by atoms with E-state index in [-0.39, 0.29) is 23.8 Å². The summed E-state index contributed by atoms with van der Waals surface area (Å²) in [5.41, 5.74) is 8.15. The van der Waals surface area contributed by atoms with Crippen LogP contribution in [0.1, 0.15) is 51.4 Å². The van der Waals surface area contributed by atoms with Gasteiger partial charge in [-0.25, -0.2) is 4.79 Å². The smallest absolute Gasteiger partial charge is 0.411 e. The number of nitrogens with zero attached hydrogens (tertiary/aromatic N) is 3. The number of hydrogen-bond acceptors (Lipinski definition) is 6. The number of carbonyl (C=O) groups excluding carboxylic acids is 3. The van der Waals surface area contributed by atoms with E-state index in [1.807, 2.05) is 66.5 Å². The van der Waals surface area contributed by atoms with Gasteiger partial charge in [0.2, 0.25) is 11.8 Å². The first-order valence-corrected chi connectivity index (χ1v) is 15.5. The second-order valence-corrected chi connectivity index (χ2v) is 11.6. The highest BCUT2D eigenvalue weighted by Gasteiger charge is 2.24. The van der Waals surface area contributed by atoms with Crippen LogP contribution < -0.4 is 11.1 Å². The van der Waals surface area contributed by atoms with E-state index in [1.165, 1.54) is 0 Å². The minimum absolute atomic E-state index is 0.0368. The van der Waals surface area contributed by atoms with Gasteiger partial charge < -0.3 is 25.2 Å². The Balaban J connectivity index is 1.06. The van der Waals surface area contributed by atoms with Crippen LogP contribution in [0, 0.1) is 5.92 Å². The molecule has 228 valence electrons. The number of anilines is 1. The molecule has 3 amide bonds. The molecule has 0 aromatic heterocycles. The summed E-state index contributed by atoms with van der Waals surface area (Å²) in [6.45, 7) is 6.12. The van der Waals surface area contributed by atoms with Crippen LogP contribution >= 0.6 is 0 Å². The number of hydrogen-bond donors (Lipinski definition) is 2. The molecule has 4 rings (SSSR count). The van der Waals surface area contributed by atoms with Gasteiger partial charge in [0.25, 0.3) is 0 Å². The van der Waals surface area contributed by atoms with Gasteiger partial charge in [0, 0.05) is 51.1 Å². The summed E-state index contributed by atoms with van der Waals surface area (Å²) in [4.78, 5) is 43.2. The van der Waals surface area contributed by atoms with Gasteiger partial charge >= 0.3 is 6.09 Å². The second kappa shape index (κ2) is 16.3. The number of carbonyl (C=O) groups is 3. The zero-order valence-electron chi connectivity index (χ0n) is 25.0. The molecule has 2 fully saturated rings. The fraction of sp³-hybridized carbons (Fsp3) is 0.545. The van der Waals surface area contributed by atoms with Crippen molar-refractivity contribution in [1.82, 2.24) is 14.7 Å². The zero-order valence-corrected chi connectivity index (χ0v) is 25.0. The number of primary amides is 1. The monoisotopic (exact) mass is 577 g/mol. The number of piperidine rings is 2. The van der Waals surface area contributed by atoms with Crippen molar-refractivity contribution < 1.29 is 19.1 Å². The molecule has 3 N–H and O–H groups in total. The molecular weight excluding hydrogens is 530 g/mol. The van der Waals surface area contributed by atoms with Crippen molar-refractivity contribution in [3.8, 4) is 11.1 Å². The molecule has 2 aliphatic rings. The van der Waals surface area contributed by atoms with Crippen molar-refractivity contribution in [2.75, 3.05) is 58.2 Å². The van der Waals surface area contributed by atoms with E-state index in [2.05, 4.69) is 15.1 Å². The largest absolute Gasteiger partial charge is 0.446 e. The van der Waals surface area contributed by atoms with Crippen LogP contribution in [0.25, 0.3) is 11.1 Å². The molecule has 2 aliphatic heterocycles. The van der Waals surface area contributed by atoms with E-state index in [9.17, 15) is 14.4 Å². The maximum atomic E-state index is 12.7. The summed E-state index contributed by atoms with van der Waals surface area (Å²) in [5.74, 6) is 0.0648. The van der Waals surface area contributed by atoms with E-state index in [0.717, 1.165) is 101 Å². The molecule has 0 radical (unpaired) electrons. The number of rotatable bonds is 13. The number of amides is 3. The second-order valence-electron chi connectivity index (χ2n) is 11.6. The average Bonchev–Trinajstić information content (AvgIpc) is 3.01. The molecule has 0 unspecified atom stereocenters. The number of para-hydroxylation sites is 1. The lowest BCUT2D eigenvalue weighted by atomic mass is 9.96. The van der Waals surface area contributed by atoms with Crippen LogP contribution in [-0.2, 0) is 14.3 Å². The van der Waals surface area contributed by atoms with Crippen molar-refractivity contribution in [1.29, 1.82) is 0 Å². The van der Waals surface area contributed by atoms with Crippen LogP contribution in [-0.4, -0.2) is 91.6 Å². The lowest BCUT2D eigenvalue weighted by molar-refractivity contribution is -0.130. The number of ether oxygens (including phenoxy) is 1. The highest BCUT2D eigenvalue weighted by molar-refractivity contribution is 5.91. The Labute approximate surface area is 250 Å². The summed E-state index contributed by atoms with van der Waals surface area (Å²) in [5, 5.41) is 2.93. The summed E-state index contributed by atoms with van der Waals surface area (Å²) in [6.07, 6.45) is 6.36. The Kier molecular flexibility index (Phi) is 12.2. The topological polar surface area (TPSA) is 108 Å². The molecule has 0 saturated carbocycles. The Morgan fingerprint density at radius 1 is 0.857 bits per heavy atom. The number of nitrogens with two attached hydrogens (primary N) is 1. The zero-order chi connectivity index (χ0) is 29.7. The van der Waals surface area contributed by atoms with Crippen molar-refractivity contribution in [2.24, 2.45) is 11.7 Å². The van der Waals surface area contributed by atoms with Gasteiger partial charge in [-0.15, -0.1) is 0 Å². The molecule has 0 aliphatic carbocycles. The van der Waals surface area contributed by atoms with E-state index >= 15 is 0 Å². The van der Waals surface area contributed by atoms with Gasteiger partial charge in [0.05, 0.1) is 5.69 Å². The van der Waals surface area contributed by atoms with Crippen molar-refractivity contribution in [3.05, 3.63) is 54.6 Å². The summed E-state index contributed by atoms with van der Waals surface area (Å²) in [7, 11) is 1.89. The van der Waals surface area contributed by atoms with Gasteiger partial charge in [0.1, 0.15) is 6.10 Å². The summed E-state index contributed by atoms with van der Waals surface area (Å²) in [6, 6.07) is 17.7. The molecule has 0 spiro atoms. The summed E-state index contributed by atoms with van der Waals surface area (Å²) < 4.78 is 5.75. The van der Waals surface area contributed by atoms with Crippen LogP contribution in [0.3, 0.4) is 0 Å². The molecule has 2 heterocycles. The Hall–Kier alpha value is -3.43. The minimum atomic E-state index is -0.421. The number of nitrogens with one attached hydrogen (secondary N) is 1. The van der Waals surface area contributed by atoms with E-state index in [1.54, 1.807) is 0 Å². The third-order valence-electron chi connectivity index (χ3n) is 8.59. The van der Waals surface area contributed by atoms with Crippen LogP contribution in [0.5, 0.6) is 0 Å². The molecule has 2 aromatic carbocycles. The SMILES string of the molecule is CN(CCN1CCC(OC(=O)Nc2ccccc2-c2ccccc2)CC1)C(=O)CCCCCN1CCC(C(N)=O)CC1. The van der Waals surface area contributed by atoms with Crippen molar-refractivity contribution in [3.63, 3.8) is 0 Å². The van der Waals surface area contributed by atoms with Crippen molar-refractivity contribution in [2.45, 2.75) is 57.5 Å². The first kappa shape index (κ1) is 31.5. The lowest BCUT2D eigenvalue weighted by Crippen LogP contribution is -2.42. The number of likely N-dealkylation sites (N-methyl/N-ethyl adjacent to an activating group) is 1. The molecule has 42 heavy (non-hydrogen) atoms. The van der Waals surface area contributed by atoms with Gasteiger partial charge in [0.15, 0.2) is 0 Å². The molecule has 2 aromatic rings. The molecule has 2 saturated heterocycles. The first-order valence-electron chi connectivity index (χ1n) is 15.5. The third kappa shape index (κ3) is 9.84. The van der Waals surface area contributed by atoms with Gasteiger partial charge in [-0.3, -0.25) is 14.9 Å². The Morgan fingerprint density at radius 2 is 1.50 bits per heavy atom. The molecule has 9 nitrogen and oxygen atoms in total. The Morgan fingerprint density at radius 3 is 2.21 bits per heavy atom. The van der Waals surface area contributed by atoms with Gasteiger partial charge in [-0.2, -0.15) is 0 Å². The number of unbranched alkanes of at least 4 members (excludes halogenated alkanes) is 2. The molecular formula is C33H47N5O4.